The van der Waals surface area contributed by atoms with Crippen LogP contribution in [0.15, 0.2) is 77.3 Å². The van der Waals surface area contributed by atoms with Crippen LogP contribution in [0.25, 0.3) is 0 Å². The van der Waals surface area contributed by atoms with E-state index in [9.17, 15) is 9.59 Å². The molecule has 0 atom stereocenters. The van der Waals surface area contributed by atoms with E-state index >= 15 is 0 Å². The molecule has 1 amide bonds. The van der Waals surface area contributed by atoms with Crippen LogP contribution in [0.5, 0.6) is 5.75 Å². The van der Waals surface area contributed by atoms with E-state index in [2.05, 4.69) is 26.6 Å². The Balaban J connectivity index is 1.57. The highest BCUT2D eigenvalue weighted by molar-refractivity contribution is 9.10. The van der Waals surface area contributed by atoms with Gasteiger partial charge in [-0.1, -0.05) is 30.3 Å². The Hall–Kier alpha value is -3.23. The molecule has 0 bridgehead atoms. The Morgan fingerprint density at radius 1 is 0.967 bits per heavy atom. The van der Waals surface area contributed by atoms with Crippen LogP contribution in [-0.4, -0.2) is 22.1 Å². The molecule has 0 aliphatic carbocycles. The van der Waals surface area contributed by atoms with Gasteiger partial charge in [0.25, 0.3) is 5.91 Å². The number of carbonyl (C=O) groups is 2. The number of nitrogens with one attached hydrogen (secondary N) is 2. The average molecular weight is 485 g/mol. The normalized spacial score (nSPS) is 10.2. The Kier molecular flexibility index (Phi) is 7.16. The fourth-order valence-corrected chi connectivity index (χ4v) is 3.07. The molecule has 0 unspecified atom stereocenters. The van der Waals surface area contributed by atoms with Crippen molar-refractivity contribution < 1.29 is 19.4 Å². The minimum atomic E-state index is -1.06. The van der Waals surface area contributed by atoms with Gasteiger partial charge in [0.2, 0.25) is 0 Å². The fraction of sp³-hybridized carbons (Fsp3) is 0.0455. The molecule has 6 nitrogen and oxygen atoms in total. The van der Waals surface area contributed by atoms with Gasteiger partial charge in [-0.15, -0.1) is 0 Å². The summed E-state index contributed by atoms with van der Waals surface area (Å²) in [6.07, 6.45) is 0. The SMILES string of the molecule is O=C(O)c1ccc(Br)c(NC(=S)NC(=O)c2ccc(OCc3ccccc3)cc2)c1. The van der Waals surface area contributed by atoms with Crippen molar-refractivity contribution in [3.05, 3.63) is 94.0 Å². The molecule has 3 aromatic carbocycles. The van der Waals surface area contributed by atoms with Crippen LogP contribution in [0.3, 0.4) is 0 Å². The van der Waals surface area contributed by atoms with Gasteiger partial charge in [0, 0.05) is 10.0 Å². The number of thiocarbonyl (C=S) groups is 1. The summed E-state index contributed by atoms with van der Waals surface area (Å²) in [5, 5.41) is 14.5. The van der Waals surface area contributed by atoms with Crippen molar-refractivity contribution in [1.29, 1.82) is 0 Å². The lowest BCUT2D eigenvalue weighted by molar-refractivity contribution is 0.0696. The molecule has 0 aliphatic heterocycles. The number of aromatic carboxylic acids is 1. The molecule has 0 saturated carbocycles. The van der Waals surface area contributed by atoms with Crippen molar-refractivity contribution in [1.82, 2.24) is 5.32 Å². The number of ether oxygens (including phenoxy) is 1. The van der Waals surface area contributed by atoms with Gasteiger partial charge in [-0.05, 0) is 76.2 Å². The number of halogens is 1. The van der Waals surface area contributed by atoms with Gasteiger partial charge in [0.05, 0.1) is 11.3 Å². The second kappa shape index (κ2) is 10.00. The summed E-state index contributed by atoms with van der Waals surface area (Å²) in [5.41, 5.74) is 1.99. The van der Waals surface area contributed by atoms with Crippen molar-refractivity contribution >= 4 is 50.8 Å². The Bertz CT molecular complexity index is 1070. The van der Waals surface area contributed by atoms with Gasteiger partial charge in [-0.3, -0.25) is 10.1 Å². The smallest absolute Gasteiger partial charge is 0.335 e. The third kappa shape index (κ3) is 5.88. The zero-order valence-electron chi connectivity index (χ0n) is 15.6. The summed E-state index contributed by atoms with van der Waals surface area (Å²) in [6, 6.07) is 20.9. The van der Waals surface area contributed by atoms with E-state index in [1.54, 1.807) is 30.3 Å². The van der Waals surface area contributed by atoms with E-state index in [1.807, 2.05) is 30.3 Å². The number of hydrogen-bond acceptors (Lipinski definition) is 4. The van der Waals surface area contributed by atoms with Crippen LogP contribution >= 0.6 is 28.1 Å². The topological polar surface area (TPSA) is 87.7 Å². The van der Waals surface area contributed by atoms with E-state index in [-0.39, 0.29) is 10.7 Å². The minimum absolute atomic E-state index is 0.0487. The van der Waals surface area contributed by atoms with Crippen LogP contribution in [0.4, 0.5) is 5.69 Å². The highest BCUT2D eigenvalue weighted by Crippen LogP contribution is 2.23. The average Bonchev–Trinajstić information content (AvgIpc) is 2.74. The van der Waals surface area contributed by atoms with E-state index in [4.69, 9.17) is 22.1 Å². The first-order chi connectivity index (χ1) is 14.4. The first-order valence-corrected chi connectivity index (χ1v) is 10.0. The van der Waals surface area contributed by atoms with Gasteiger partial charge in [-0.25, -0.2) is 4.79 Å². The molecule has 0 heterocycles. The zero-order chi connectivity index (χ0) is 21.5. The van der Waals surface area contributed by atoms with Crippen molar-refractivity contribution in [3.63, 3.8) is 0 Å². The number of carbonyl (C=O) groups excluding carboxylic acids is 1. The summed E-state index contributed by atoms with van der Waals surface area (Å²) in [7, 11) is 0. The second-order valence-corrected chi connectivity index (χ2v) is 7.47. The first-order valence-electron chi connectivity index (χ1n) is 8.84. The van der Waals surface area contributed by atoms with Gasteiger partial charge in [0.1, 0.15) is 12.4 Å². The molecular weight excluding hydrogens is 468 g/mol. The standard InChI is InChI=1S/C22H17BrN2O4S/c23-18-11-8-16(21(27)28)12-19(18)24-22(30)25-20(26)15-6-9-17(10-7-15)29-13-14-4-2-1-3-5-14/h1-12H,13H2,(H,27,28)(H2,24,25,26,30). The molecule has 0 aliphatic rings. The highest BCUT2D eigenvalue weighted by atomic mass is 79.9. The van der Waals surface area contributed by atoms with Crippen molar-refractivity contribution in [2.45, 2.75) is 6.61 Å². The third-order valence-corrected chi connectivity index (χ3v) is 4.95. The maximum atomic E-state index is 12.4. The molecule has 30 heavy (non-hydrogen) atoms. The summed E-state index contributed by atoms with van der Waals surface area (Å²) in [5.74, 6) is -0.812. The molecule has 152 valence electrons. The molecule has 0 radical (unpaired) electrons. The predicted molar refractivity (Wildman–Crippen MR) is 122 cm³/mol. The van der Waals surface area contributed by atoms with Gasteiger partial charge < -0.3 is 15.2 Å². The number of carboxylic acid groups (broad SMARTS) is 1. The van der Waals surface area contributed by atoms with Gasteiger partial charge >= 0.3 is 5.97 Å². The number of carboxylic acids is 1. The van der Waals surface area contributed by atoms with Gasteiger partial charge in [0.15, 0.2) is 5.11 Å². The van der Waals surface area contributed by atoms with E-state index < -0.39 is 11.9 Å². The highest BCUT2D eigenvalue weighted by Gasteiger charge is 2.11. The monoisotopic (exact) mass is 484 g/mol. The Morgan fingerprint density at radius 2 is 1.63 bits per heavy atom. The number of amides is 1. The Morgan fingerprint density at radius 3 is 2.30 bits per heavy atom. The van der Waals surface area contributed by atoms with Crippen molar-refractivity contribution in [2.24, 2.45) is 0 Å². The molecule has 3 aromatic rings. The second-order valence-electron chi connectivity index (χ2n) is 6.21. The fourth-order valence-electron chi connectivity index (χ4n) is 2.53. The molecule has 0 aromatic heterocycles. The summed E-state index contributed by atoms with van der Waals surface area (Å²) in [6.45, 7) is 0.435. The quantitative estimate of drug-likeness (QED) is 0.433. The van der Waals surface area contributed by atoms with Crippen LogP contribution in [0.2, 0.25) is 0 Å². The summed E-state index contributed by atoms with van der Waals surface area (Å²) in [4.78, 5) is 23.5. The Labute approximate surface area is 187 Å². The van der Waals surface area contributed by atoms with Crippen LogP contribution < -0.4 is 15.4 Å². The number of rotatable bonds is 6. The zero-order valence-corrected chi connectivity index (χ0v) is 18.0. The summed E-state index contributed by atoms with van der Waals surface area (Å²) >= 11 is 8.48. The van der Waals surface area contributed by atoms with E-state index in [0.717, 1.165) is 5.56 Å². The lowest BCUT2D eigenvalue weighted by atomic mass is 10.2. The lowest BCUT2D eigenvalue weighted by Gasteiger charge is -2.12. The maximum Gasteiger partial charge on any atom is 0.335 e. The predicted octanol–water partition coefficient (Wildman–Crippen LogP) is 4.85. The summed E-state index contributed by atoms with van der Waals surface area (Å²) < 4.78 is 6.32. The maximum absolute atomic E-state index is 12.4. The number of hydrogen-bond donors (Lipinski definition) is 3. The number of benzene rings is 3. The lowest BCUT2D eigenvalue weighted by Crippen LogP contribution is -2.34. The largest absolute Gasteiger partial charge is 0.489 e. The molecular formula is C22H17BrN2O4S. The molecule has 3 N–H and O–H groups in total. The van der Waals surface area contributed by atoms with Crippen LogP contribution in [-0.2, 0) is 6.61 Å². The molecule has 0 fully saturated rings. The van der Waals surface area contributed by atoms with Crippen molar-refractivity contribution in [2.75, 3.05) is 5.32 Å². The van der Waals surface area contributed by atoms with Crippen molar-refractivity contribution in [3.8, 4) is 5.75 Å². The first kappa shape index (κ1) is 21.5. The van der Waals surface area contributed by atoms with Crippen LogP contribution in [0, 0.1) is 0 Å². The molecule has 3 rings (SSSR count). The molecule has 0 saturated heterocycles. The van der Waals surface area contributed by atoms with Gasteiger partial charge in [-0.2, -0.15) is 0 Å². The third-order valence-electron chi connectivity index (χ3n) is 4.05. The molecule has 0 spiro atoms. The number of anilines is 1. The molecule has 8 heteroatoms. The van der Waals surface area contributed by atoms with E-state index in [0.29, 0.717) is 28.1 Å². The minimum Gasteiger partial charge on any atom is -0.489 e. The van der Waals surface area contributed by atoms with E-state index in [1.165, 1.54) is 12.1 Å². The van der Waals surface area contributed by atoms with Crippen LogP contribution in [0.1, 0.15) is 26.3 Å².